The highest BCUT2D eigenvalue weighted by molar-refractivity contribution is 6.12. The minimum atomic E-state index is -1.23. The summed E-state index contributed by atoms with van der Waals surface area (Å²) >= 11 is 0. The summed E-state index contributed by atoms with van der Waals surface area (Å²) in [6, 6.07) is 34.1. The van der Waals surface area contributed by atoms with E-state index in [0.29, 0.717) is 18.8 Å². The standard InChI is InChI=1S/C38H32N4O3/c1-2-45-35(43)32-31-21-12-22-42(31)38(27-17-8-11-20-30(27)41(36(38)44)23-24-13-4-3-5-14-24)37(32)26-16-7-6-15-25(26)33-34(37)40-29-19-10-9-18-28(29)39-33/h3-11,13-20,31-32H,2,12,21-23H2,1H3/t31-,32+,37-,38+/m1/s1. The highest BCUT2D eigenvalue weighted by Crippen LogP contribution is 2.71. The molecule has 3 aliphatic heterocycles. The highest BCUT2D eigenvalue weighted by Gasteiger charge is 2.81. The molecular formula is C38H32N4O3. The molecule has 1 aromatic heterocycles. The quantitative estimate of drug-likeness (QED) is 0.239. The van der Waals surface area contributed by atoms with Crippen LogP contribution in [0.2, 0.25) is 0 Å². The predicted octanol–water partition coefficient (Wildman–Crippen LogP) is 6.00. The molecule has 5 aromatic rings. The van der Waals surface area contributed by atoms with Crippen LogP contribution >= 0.6 is 0 Å². The lowest BCUT2D eigenvalue weighted by atomic mass is 9.57. The molecule has 0 unspecified atom stereocenters. The van der Waals surface area contributed by atoms with Crippen molar-refractivity contribution in [1.29, 1.82) is 0 Å². The largest absolute Gasteiger partial charge is 0.466 e. The van der Waals surface area contributed by atoms with Gasteiger partial charge in [-0.2, -0.15) is 0 Å². The zero-order valence-corrected chi connectivity index (χ0v) is 25.0. The van der Waals surface area contributed by atoms with Gasteiger partial charge in [-0.1, -0.05) is 84.9 Å². The molecule has 1 aliphatic carbocycles. The molecule has 0 radical (unpaired) electrons. The Kier molecular flexibility index (Phi) is 5.63. The van der Waals surface area contributed by atoms with Gasteiger partial charge in [0.2, 0.25) is 0 Å². The summed E-state index contributed by atoms with van der Waals surface area (Å²) in [6.07, 6.45) is 1.68. The number of carbonyl (C=O) groups excluding carboxylic acids is 2. The Hall–Kier alpha value is -4.88. The SMILES string of the molecule is CCOC(=O)[C@@H]1[C@H]2CCCN2[C@@]2(C(=O)N(Cc3ccccc3)c3ccccc32)[C@]12c1ccccc1-c1nc3ccccc3nc12. The molecule has 4 heterocycles. The van der Waals surface area contributed by atoms with Crippen molar-refractivity contribution < 1.29 is 14.3 Å². The molecule has 7 nitrogen and oxygen atoms in total. The predicted molar refractivity (Wildman–Crippen MR) is 171 cm³/mol. The number of para-hydroxylation sites is 3. The lowest BCUT2D eigenvalue weighted by Crippen LogP contribution is -2.61. The van der Waals surface area contributed by atoms with Crippen molar-refractivity contribution in [3.05, 3.63) is 126 Å². The summed E-state index contributed by atoms with van der Waals surface area (Å²) in [7, 11) is 0. The molecule has 222 valence electrons. The Morgan fingerprint density at radius 2 is 1.56 bits per heavy atom. The average Bonchev–Trinajstić information content (AvgIpc) is 3.78. The van der Waals surface area contributed by atoms with Gasteiger partial charge in [-0.25, -0.2) is 9.97 Å². The number of hydrogen-bond acceptors (Lipinski definition) is 6. The van der Waals surface area contributed by atoms with Gasteiger partial charge in [0.1, 0.15) is 5.54 Å². The first-order chi connectivity index (χ1) is 22.1. The molecule has 2 saturated heterocycles. The van der Waals surface area contributed by atoms with E-state index >= 15 is 4.79 Å². The summed E-state index contributed by atoms with van der Waals surface area (Å²) in [5.74, 6) is -0.967. The van der Waals surface area contributed by atoms with Crippen molar-refractivity contribution in [3.8, 4) is 11.3 Å². The topological polar surface area (TPSA) is 75.6 Å². The summed E-state index contributed by atoms with van der Waals surface area (Å²) in [6.45, 7) is 3.23. The molecule has 4 atom stereocenters. The van der Waals surface area contributed by atoms with Crippen LogP contribution in [0, 0.1) is 5.92 Å². The van der Waals surface area contributed by atoms with Crippen LogP contribution in [0.1, 0.15) is 42.1 Å². The van der Waals surface area contributed by atoms with Gasteiger partial charge in [-0.3, -0.25) is 14.5 Å². The van der Waals surface area contributed by atoms with Crippen LogP contribution in [0.3, 0.4) is 0 Å². The number of fused-ring (bicyclic) bond motifs is 11. The molecule has 2 fully saturated rings. The third-order valence-electron chi connectivity index (χ3n) is 10.6. The first-order valence-corrected chi connectivity index (χ1v) is 15.9. The molecule has 0 N–H and O–H groups in total. The fourth-order valence-electron chi connectivity index (χ4n) is 9.18. The zero-order valence-electron chi connectivity index (χ0n) is 25.0. The number of rotatable bonds is 4. The van der Waals surface area contributed by atoms with Gasteiger partial charge in [0.15, 0.2) is 0 Å². The number of benzene rings is 4. The Morgan fingerprint density at radius 3 is 2.36 bits per heavy atom. The lowest BCUT2D eigenvalue weighted by Gasteiger charge is -2.45. The van der Waals surface area contributed by atoms with E-state index in [1.54, 1.807) is 0 Å². The van der Waals surface area contributed by atoms with Gasteiger partial charge in [-0.15, -0.1) is 0 Å². The number of anilines is 1. The average molecular weight is 593 g/mol. The first kappa shape index (κ1) is 26.5. The van der Waals surface area contributed by atoms with E-state index in [2.05, 4.69) is 41.3 Å². The number of hydrogen-bond donors (Lipinski definition) is 0. The van der Waals surface area contributed by atoms with Crippen molar-refractivity contribution in [2.45, 2.75) is 43.3 Å². The second-order valence-electron chi connectivity index (χ2n) is 12.5. The summed E-state index contributed by atoms with van der Waals surface area (Å²) in [5.41, 5.74) is 5.26. The van der Waals surface area contributed by atoms with Crippen LogP contribution < -0.4 is 4.90 Å². The van der Waals surface area contributed by atoms with Crippen LogP contribution in [-0.2, 0) is 31.8 Å². The second kappa shape index (κ2) is 9.56. The monoisotopic (exact) mass is 592 g/mol. The second-order valence-corrected chi connectivity index (χ2v) is 12.5. The van der Waals surface area contributed by atoms with E-state index in [1.807, 2.05) is 78.6 Å². The molecule has 7 heteroatoms. The van der Waals surface area contributed by atoms with Gasteiger partial charge in [-0.05, 0) is 55.6 Å². The fourth-order valence-corrected chi connectivity index (χ4v) is 9.18. The Balaban J connectivity index is 1.43. The van der Waals surface area contributed by atoms with E-state index < -0.39 is 16.9 Å². The number of nitrogens with zero attached hydrogens (tertiary/aromatic N) is 4. The minimum Gasteiger partial charge on any atom is -0.466 e. The van der Waals surface area contributed by atoms with E-state index in [9.17, 15) is 4.79 Å². The molecule has 1 amide bonds. The van der Waals surface area contributed by atoms with Gasteiger partial charge < -0.3 is 9.64 Å². The number of aromatic nitrogens is 2. The van der Waals surface area contributed by atoms with Crippen molar-refractivity contribution >= 4 is 28.6 Å². The van der Waals surface area contributed by atoms with Crippen molar-refractivity contribution in [3.63, 3.8) is 0 Å². The van der Waals surface area contributed by atoms with Crippen LogP contribution in [-0.4, -0.2) is 45.9 Å². The minimum absolute atomic E-state index is 0.0242. The zero-order chi connectivity index (χ0) is 30.3. The maximum atomic E-state index is 15.8. The Morgan fingerprint density at radius 1 is 0.867 bits per heavy atom. The van der Waals surface area contributed by atoms with Crippen molar-refractivity contribution in [1.82, 2.24) is 14.9 Å². The third kappa shape index (κ3) is 3.18. The summed E-state index contributed by atoms with van der Waals surface area (Å²) in [4.78, 5) is 45.2. The van der Waals surface area contributed by atoms with E-state index in [1.165, 1.54) is 0 Å². The first-order valence-electron chi connectivity index (χ1n) is 15.9. The third-order valence-corrected chi connectivity index (χ3v) is 10.6. The number of ether oxygens (including phenoxy) is 1. The van der Waals surface area contributed by atoms with Crippen molar-refractivity contribution in [2.24, 2.45) is 5.92 Å². The van der Waals surface area contributed by atoms with Gasteiger partial charge in [0.05, 0.1) is 46.9 Å². The van der Waals surface area contributed by atoms with E-state index in [0.717, 1.165) is 57.5 Å². The molecule has 45 heavy (non-hydrogen) atoms. The molecule has 0 saturated carbocycles. The molecule has 4 aliphatic rings. The molecule has 0 bridgehead atoms. The van der Waals surface area contributed by atoms with E-state index in [4.69, 9.17) is 14.7 Å². The van der Waals surface area contributed by atoms with Crippen LogP contribution in [0.15, 0.2) is 103 Å². The molecule has 4 aromatic carbocycles. The molecule has 2 spiro atoms. The number of amides is 1. The maximum Gasteiger partial charge on any atom is 0.311 e. The van der Waals surface area contributed by atoms with Crippen LogP contribution in [0.25, 0.3) is 22.3 Å². The summed E-state index contributed by atoms with van der Waals surface area (Å²) in [5, 5.41) is 0. The highest BCUT2D eigenvalue weighted by atomic mass is 16.5. The maximum absolute atomic E-state index is 15.8. The summed E-state index contributed by atoms with van der Waals surface area (Å²) < 4.78 is 5.95. The smallest absolute Gasteiger partial charge is 0.311 e. The van der Waals surface area contributed by atoms with Crippen LogP contribution in [0.4, 0.5) is 5.69 Å². The molecular weight excluding hydrogens is 560 g/mol. The number of esters is 1. The normalized spacial score (nSPS) is 26.0. The van der Waals surface area contributed by atoms with Gasteiger partial charge in [0, 0.05) is 22.9 Å². The fraction of sp³-hybridized carbons (Fsp3) is 0.263. The Labute approximate surface area is 261 Å². The number of carbonyl (C=O) groups is 2. The Bertz CT molecular complexity index is 2030. The molecule has 9 rings (SSSR count). The van der Waals surface area contributed by atoms with Crippen molar-refractivity contribution in [2.75, 3.05) is 18.1 Å². The van der Waals surface area contributed by atoms with Gasteiger partial charge >= 0.3 is 5.97 Å². The van der Waals surface area contributed by atoms with Crippen LogP contribution in [0.5, 0.6) is 0 Å². The van der Waals surface area contributed by atoms with E-state index in [-0.39, 0.29) is 24.5 Å². The lowest BCUT2D eigenvalue weighted by molar-refractivity contribution is -0.150. The van der Waals surface area contributed by atoms with Gasteiger partial charge in [0.25, 0.3) is 5.91 Å².